The maximum Gasteiger partial charge on any atom is -1.00 e. The normalized spacial score (nSPS) is 8.75. The fourth-order valence-corrected chi connectivity index (χ4v) is 2.31. The van der Waals surface area contributed by atoms with Crippen molar-refractivity contribution in [2.24, 2.45) is 0 Å². The molecule has 0 saturated heterocycles. The molecule has 2 heteroatoms. The standard InChI is InChI=1S/2C3H7.Al.FH/c2*1-3-2;;/h2*3H,1-2H3;;1H/q;;+1;/p-1. The maximum atomic E-state index is 2.30. The predicted octanol–water partition coefficient (Wildman–Crippen LogP) is -0.649. The molecule has 0 aliphatic carbocycles. The van der Waals surface area contributed by atoms with Crippen molar-refractivity contribution in [3.63, 3.8) is 0 Å². The molecule has 0 bridgehead atoms. The smallest absolute Gasteiger partial charge is 1.00 e. The average Bonchev–Trinajstić information content (AvgIpc) is 1.27. The second-order valence-electron chi connectivity index (χ2n) is 2.68. The van der Waals surface area contributed by atoms with E-state index in [1.165, 1.54) is 0 Å². The summed E-state index contributed by atoms with van der Waals surface area (Å²) in [5.41, 5.74) is 0. The van der Waals surface area contributed by atoms with E-state index in [0.717, 1.165) is 9.56 Å². The maximum absolute atomic E-state index is 2.30. The van der Waals surface area contributed by atoms with Gasteiger partial charge in [-0.05, 0) is 0 Å². The first-order chi connectivity index (χ1) is 3.13. The molecule has 0 aromatic carbocycles. The van der Waals surface area contributed by atoms with Crippen molar-refractivity contribution < 1.29 is 4.70 Å². The SMILES string of the molecule is C[CH](C)[Al+][CH](C)C.[F-]. The zero-order valence-corrected chi connectivity index (χ0v) is 7.26. The van der Waals surface area contributed by atoms with Crippen molar-refractivity contribution >= 4 is 15.2 Å². The molecule has 0 aromatic heterocycles. The molecule has 0 aromatic rings. The Morgan fingerprint density at radius 3 is 1.12 bits per heavy atom. The monoisotopic (exact) mass is 132 g/mol. The summed E-state index contributed by atoms with van der Waals surface area (Å²) in [5, 5.41) is 0. The van der Waals surface area contributed by atoms with Crippen LogP contribution >= 0.6 is 0 Å². The topological polar surface area (TPSA) is 0 Å². The van der Waals surface area contributed by atoms with Gasteiger partial charge < -0.3 is 4.70 Å². The third-order valence-corrected chi connectivity index (χ3v) is 2.31. The molecule has 0 nitrogen and oxygen atoms in total. The molecule has 0 atom stereocenters. The average molecular weight is 132 g/mol. The number of hydrogen-bond donors (Lipinski definition) is 0. The third-order valence-electron chi connectivity index (χ3n) is 0.770. The van der Waals surface area contributed by atoms with E-state index >= 15 is 0 Å². The van der Waals surface area contributed by atoms with Crippen LogP contribution in [0.4, 0.5) is 0 Å². The Morgan fingerprint density at radius 1 is 0.875 bits per heavy atom. The molecule has 0 aliphatic rings. The number of rotatable bonds is 2. The van der Waals surface area contributed by atoms with Crippen LogP contribution in [-0.4, -0.2) is 15.2 Å². The van der Waals surface area contributed by atoms with Crippen molar-refractivity contribution in [3.8, 4) is 0 Å². The van der Waals surface area contributed by atoms with Crippen LogP contribution < -0.4 is 4.70 Å². The Labute approximate surface area is 57.7 Å². The Kier molecular flexibility index (Phi) is 7.89. The van der Waals surface area contributed by atoms with Crippen LogP contribution in [0.1, 0.15) is 27.7 Å². The molecule has 0 heterocycles. The van der Waals surface area contributed by atoms with Crippen LogP contribution in [-0.2, 0) is 0 Å². The minimum Gasteiger partial charge on any atom is -1.00 e. The van der Waals surface area contributed by atoms with Crippen LogP contribution in [0.15, 0.2) is 0 Å². The second kappa shape index (κ2) is 5.60. The van der Waals surface area contributed by atoms with Crippen LogP contribution in [0.2, 0.25) is 9.56 Å². The van der Waals surface area contributed by atoms with Gasteiger partial charge in [-0.25, -0.2) is 0 Å². The molecule has 0 fully saturated rings. The molecule has 0 aliphatic heterocycles. The van der Waals surface area contributed by atoms with Crippen LogP contribution in [0.5, 0.6) is 0 Å². The fraction of sp³-hybridized carbons (Fsp3) is 1.00. The van der Waals surface area contributed by atoms with E-state index in [1.807, 2.05) is 0 Å². The molecule has 0 amide bonds. The summed E-state index contributed by atoms with van der Waals surface area (Å²) in [4.78, 5) is 0. The number of halogens is 1. The first kappa shape index (κ1) is 11.3. The van der Waals surface area contributed by atoms with Crippen molar-refractivity contribution in [2.75, 3.05) is 0 Å². The van der Waals surface area contributed by atoms with Crippen molar-refractivity contribution in [1.82, 2.24) is 0 Å². The Morgan fingerprint density at radius 2 is 1.12 bits per heavy atom. The van der Waals surface area contributed by atoms with Gasteiger partial charge in [0.25, 0.3) is 0 Å². The van der Waals surface area contributed by atoms with Gasteiger partial charge in [-0.2, -0.15) is 0 Å². The molecule has 0 rings (SSSR count). The molecule has 48 valence electrons. The Balaban J connectivity index is 0. The minimum atomic E-state index is 0. The quantitative estimate of drug-likeness (QED) is 0.438. The van der Waals surface area contributed by atoms with Crippen LogP contribution in [0.3, 0.4) is 0 Å². The summed E-state index contributed by atoms with van der Waals surface area (Å²) in [5.74, 6) is 0. The van der Waals surface area contributed by atoms with Crippen LogP contribution in [0.25, 0.3) is 0 Å². The molecule has 0 radical (unpaired) electrons. The summed E-state index contributed by atoms with van der Waals surface area (Å²) in [6.45, 7) is 9.20. The Bertz CT molecular complexity index is 37.8. The summed E-state index contributed by atoms with van der Waals surface area (Å²) in [6, 6.07) is 0. The van der Waals surface area contributed by atoms with Gasteiger partial charge in [0.1, 0.15) is 0 Å². The predicted molar refractivity (Wildman–Crippen MR) is 35.9 cm³/mol. The van der Waals surface area contributed by atoms with Crippen LogP contribution in [0, 0.1) is 0 Å². The number of hydrogen-bond acceptors (Lipinski definition) is 0. The summed E-state index contributed by atoms with van der Waals surface area (Å²) in [6.07, 6.45) is 0. The van der Waals surface area contributed by atoms with Gasteiger partial charge in [0.05, 0.1) is 0 Å². The zero-order chi connectivity index (χ0) is 5.86. The molecule has 0 spiro atoms. The van der Waals surface area contributed by atoms with Gasteiger partial charge >= 0.3 is 52.5 Å². The van der Waals surface area contributed by atoms with E-state index in [1.54, 1.807) is 0 Å². The summed E-state index contributed by atoms with van der Waals surface area (Å²) in [7, 11) is 0. The van der Waals surface area contributed by atoms with E-state index in [-0.39, 0.29) is 4.70 Å². The van der Waals surface area contributed by atoms with E-state index in [9.17, 15) is 0 Å². The van der Waals surface area contributed by atoms with Crippen molar-refractivity contribution in [3.05, 3.63) is 0 Å². The molecule has 0 unspecified atom stereocenters. The van der Waals surface area contributed by atoms with Crippen molar-refractivity contribution in [2.45, 2.75) is 37.3 Å². The Hall–Kier alpha value is 0.462. The summed E-state index contributed by atoms with van der Waals surface area (Å²) < 4.78 is 1.92. The van der Waals surface area contributed by atoms with Gasteiger partial charge in [-0.3, -0.25) is 0 Å². The second-order valence-corrected chi connectivity index (χ2v) is 5.73. The van der Waals surface area contributed by atoms with Gasteiger partial charge in [-0.15, -0.1) is 0 Å². The van der Waals surface area contributed by atoms with Gasteiger partial charge in [0, 0.05) is 0 Å². The van der Waals surface area contributed by atoms with E-state index in [4.69, 9.17) is 0 Å². The van der Waals surface area contributed by atoms with E-state index < -0.39 is 0 Å². The van der Waals surface area contributed by atoms with Gasteiger partial charge in [-0.1, -0.05) is 0 Å². The van der Waals surface area contributed by atoms with Gasteiger partial charge in [0.15, 0.2) is 0 Å². The summed E-state index contributed by atoms with van der Waals surface area (Å²) >= 11 is 0.713. The first-order valence-corrected chi connectivity index (χ1v) is 4.31. The molecular formula is C6H14AlF. The largest absolute Gasteiger partial charge is 1.00 e. The molecule has 0 saturated carbocycles. The van der Waals surface area contributed by atoms with E-state index in [2.05, 4.69) is 27.7 Å². The first-order valence-electron chi connectivity index (χ1n) is 2.98. The van der Waals surface area contributed by atoms with Crippen molar-refractivity contribution in [1.29, 1.82) is 0 Å². The van der Waals surface area contributed by atoms with E-state index in [0.29, 0.717) is 15.2 Å². The minimum absolute atomic E-state index is 0. The van der Waals surface area contributed by atoms with Gasteiger partial charge in [0.2, 0.25) is 0 Å². The third kappa shape index (κ3) is 9.68. The molecule has 0 N–H and O–H groups in total. The molecular weight excluding hydrogens is 118 g/mol. The molecule has 8 heavy (non-hydrogen) atoms. The fourth-order valence-electron chi connectivity index (χ4n) is 0.770. The zero-order valence-electron chi connectivity index (χ0n) is 6.11.